The van der Waals surface area contributed by atoms with Crippen LogP contribution in [0, 0.1) is 0 Å². The van der Waals surface area contributed by atoms with Crippen LogP contribution in [0.15, 0.2) is 24.3 Å². The normalized spacial score (nSPS) is 13.2. The van der Waals surface area contributed by atoms with E-state index < -0.39 is 5.91 Å². The lowest BCUT2D eigenvalue weighted by Gasteiger charge is -2.26. The number of halogens is 2. The summed E-state index contributed by atoms with van der Waals surface area (Å²) in [7, 11) is 1.39. The number of primary amides is 1. The Morgan fingerprint density at radius 2 is 1.90 bits per heavy atom. The second-order valence-corrected chi connectivity index (χ2v) is 9.02. The molecule has 0 radical (unpaired) electrons. The number of benzene rings is 1. The van der Waals surface area contributed by atoms with Crippen molar-refractivity contribution in [3.05, 3.63) is 55.7 Å². The molecule has 2 N–H and O–H groups in total. The van der Waals surface area contributed by atoms with Crippen molar-refractivity contribution in [1.82, 2.24) is 4.90 Å². The molecule has 1 aromatic carbocycles. The van der Waals surface area contributed by atoms with Crippen LogP contribution in [0.4, 0.5) is 0 Å². The lowest BCUT2D eigenvalue weighted by atomic mass is 9.98. The number of carbonyl (C=O) groups is 3. The van der Waals surface area contributed by atoms with Gasteiger partial charge in [0.1, 0.15) is 5.78 Å². The summed E-state index contributed by atoms with van der Waals surface area (Å²) in [4.78, 5) is 40.1. The third kappa shape index (κ3) is 6.77. The molecular weight excluding hydrogens is 459 g/mol. The number of ether oxygens (including phenoxy) is 1. The molecule has 0 saturated carbocycles. The van der Waals surface area contributed by atoms with Crippen molar-refractivity contribution in [3.63, 3.8) is 0 Å². The number of methoxy groups -OCH3 is 1. The minimum Gasteiger partial charge on any atom is -0.469 e. The molecule has 1 aliphatic heterocycles. The predicted octanol–water partition coefficient (Wildman–Crippen LogP) is 3.59. The summed E-state index contributed by atoms with van der Waals surface area (Å²) in [6.45, 7) is 2.28. The highest BCUT2D eigenvalue weighted by atomic mass is 35.5. The molecule has 0 saturated heterocycles. The number of ketones is 1. The number of fused-ring (bicyclic) bond motifs is 1. The SMILES string of the molecule is COC(=O)CCCN1CCc2c(sc(CC(=O)Cc3ccc(Cl)cc3)c2C(N)=O)C1.Cl. The van der Waals surface area contributed by atoms with Crippen LogP contribution in [-0.2, 0) is 40.1 Å². The highest BCUT2D eigenvalue weighted by Gasteiger charge is 2.27. The molecule has 0 atom stereocenters. The molecule has 3 rings (SSSR count). The van der Waals surface area contributed by atoms with E-state index in [1.54, 1.807) is 12.1 Å². The summed E-state index contributed by atoms with van der Waals surface area (Å²) < 4.78 is 4.68. The maximum absolute atomic E-state index is 12.6. The van der Waals surface area contributed by atoms with Crippen molar-refractivity contribution in [2.45, 2.75) is 38.6 Å². The zero-order valence-corrected chi connectivity index (χ0v) is 19.7. The molecule has 168 valence electrons. The van der Waals surface area contributed by atoms with Crippen LogP contribution >= 0.6 is 35.3 Å². The number of Topliss-reactive ketones (excluding diaryl/α,β-unsaturated/α-hetero) is 1. The number of carbonyl (C=O) groups excluding carboxylic acids is 3. The van der Waals surface area contributed by atoms with Crippen LogP contribution in [0.2, 0.25) is 5.02 Å². The first-order chi connectivity index (χ1) is 14.4. The minimum atomic E-state index is -0.471. The second-order valence-electron chi connectivity index (χ2n) is 7.39. The van der Waals surface area contributed by atoms with E-state index in [4.69, 9.17) is 17.3 Å². The van der Waals surface area contributed by atoms with Crippen molar-refractivity contribution in [2.75, 3.05) is 20.2 Å². The molecule has 0 spiro atoms. The Balaban J connectivity index is 0.00000341. The average Bonchev–Trinajstić information content (AvgIpc) is 3.06. The number of amides is 1. The number of nitrogens with zero attached hydrogens (tertiary/aromatic N) is 1. The third-order valence-electron chi connectivity index (χ3n) is 5.21. The van der Waals surface area contributed by atoms with Crippen molar-refractivity contribution in [1.29, 1.82) is 0 Å². The summed E-state index contributed by atoms with van der Waals surface area (Å²) in [5.41, 5.74) is 8.06. The van der Waals surface area contributed by atoms with Gasteiger partial charge in [-0.05, 0) is 42.6 Å². The Bertz CT molecular complexity index is 944. The smallest absolute Gasteiger partial charge is 0.305 e. The number of thiophene rings is 1. The first kappa shape index (κ1) is 25.3. The number of hydrogen-bond donors (Lipinski definition) is 1. The zero-order valence-electron chi connectivity index (χ0n) is 17.3. The van der Waals surface area contributed by atoms with E-state index in [0.717, 1.165) is 40.4 Å². The molecule has 1 aromatic heterocycles. The predicted molar refractivity (Wildman–Crippen MR) is 124 cm³/mol. The largest absolute Gasteiger partial charge is 0.469 e. The fourth-order valence-electron chi connectivity index (χ4n) is 3.74. The first-order valence-corrected chi connectivity index (χ1v) is 11.1. The van der Waals surface area contributed by atoms with E-state index in [9.17, 15) is 14.4 Å². The van der Waals surface area contributed by atoms with Gasteiger partial charge in [0.05, 0.1) is 12.7 Å². The fraction of sp³-hybridized carbons (Fsp3) is 0.409. The van der Waals surface area contributed by atoms with Crippen LogP contribution in [0.1, 0.15) is 44.1 Å². The Morgan fingerprint density at radius 1 is 1.19 bits per heavy atom. The lowest BCUT2D eigenvalue weighted by Crippen LogP contribution is -2.31. The molecule has 9 heteroatoms. The fourth-order valence-corrected chi connectivity index (χ4v) is 5.29. The second kappa shape index (κ2) is 11.6. The number of nitrogens with two attached hydrogens (primary N) is 1. The molecule has 1 amide bonds. The van der Waals surface area contributed by atoms with Gasteiger partial charge in [0.25, 0.3) is 0 Å². The maximum atomic E-state index is 12.6. The van der Waals surface area contributed by atoms with Gasteiger partial charge in [0.2, 0.25) is 5.91 Å². The molecule has 2 aromatic rings. The van der Waals surface area contributed by atoms with E-state index in [2.05, 4.69) is 9.64 Å². The molecule has 6 nitrogen and oxygen atoms in total. The van der Waals surface area contributed by atoms with Gasteiger partial charge in [-0.2, -0.15) is 0 Å². The highest BCUT2D eigenvalue weighted by molar-refractivity contribution is 7.12. The summed E-state index contributed by atoms with van der Waals surface area (Å²) in [5, 5.41) is 0.629. The van der Waals surface area contributed by atoms with Crippen LogP contribution in [0.5, 0.6) is 0 Å². The standard InChI is InChI=1S/C22H25ClN2O4S.ClH/c1-29-20(27)3-2-9-25-10-8-17-19(13-25)30-18(21(17)22(24)28)12-16(26)11-14-4-6-15(23)7-5-14;/h4-7H,2-3,8-13H2,1H3,(H2,24,28);1H. The summed E-state index contributed by atoms with van der Waals surface area (Å²) >= 11 is 7.40. The van der Waals surface area contributed by atoms with Gasteiger partial charge in [-0.1, -0.05) is 23.7 Å². The van der Waals surface area contributed by atoms with E-state index in [0.29, 0.717) is 30.0 Å². The van der Waals surface area contributed by atoms with Crippen LogP contribution in [-0.4, -0.2) is 42.8 Å². The Morgan fingerprint density at radius 3 is 2.55 bits per heavy atom. The van der Waals surface area contributed by atoms with Crippen LogP contribution < -0.4 is 5.73 Å². The molecular formula is C22H26Cl2N2O4S. The highest BCUT2D eigenvalue weighted by Crippen LogP contribution is 2.34. The van der Waals surface area contributed by atoms with Crippen molar-refractivity contribution in [3.8, 4) is 0 Å². The molecule has 0 bridgehead atoms. The first-order valence-electron chi connectivity index (χ1n) is 9.86. The van der Waals surface area contributed by atoms with Crippen LogP contribution in [0.3, 0.4) is 0 Å². The number of rotatable bonds is 9. The molecule has 0 aliphatic carbocycles. The summed E-state index contributed by atoms with van der Waals surface area (Å²) in [6, 6.07) is 7.19. The van der Waals surface area contributed by atoms with E-state index in [1.165, 1.54) is 18.4 Å². The summed E-state index contributed by atoms with van der Waals surface area (Å²) in [6.07, 6.45) is 2.32. The Hall–Kier alpha value is -1.93. The van der Waals surface area contributed by atoms with E-state index in [-0.39, 0.29) is 37.0 Å². The van der Waals surface area contributed by atoms with Crippen molar-refractivity contribution >= 4 is 53.0 Å². The van der Waals surface area contributed by atoms with Crippen LogP contribution in [0.25, 0.3) is 0 Å². The van der Waals surface area contributed by atoms with Gasteiger partial charge in [-0.3, -0.25) is 19.3 Å². The monoisotopic (exact) mass is 484 g/mol. The lowest BCUT2D eigenvalue weighted by molar-refractivity contribution is -0.140. The van der Waals surface area contributed by atoms with Gasteiger partial charge >= 0.3 is 5.97 Å². The molecule has 0 unspecified atom stereocenters. The third-order valence-corrected chi connectivity index (χ3v) is 6.68. The molecule has 0 fully saturated rings. The van der Waals surface area contributed by atoms with Gasteiger partial charge in [-0.25, -0.2) is 0 Å². The van der Waals surface area contributed by atoms with Gasteiger partial charge in [0.15, 0.2) is 0 Å². The van der Waals surface area contributed by atoms with E-state index in [1.807, 2.05) is 12.1 Å². The van der Waals surface area contributed by atoms with Gasteiger partial charge < -0.3 is 10.5 Å². The van der Waals surface area contributed by atoms with Gasteiger partial charge in [0, 0.05) is 47.1 Å². The topological polar surface area (TPSA) is 89.7 Å². The molecule has 2 heterocycles. The maximum Gasteiger partial charge on any atom is 0.305 e. The van der Waals surface area contributed by atoms with Crippen molar-refractivity contribution in [2.24, 2.45) is 5.73 Å². The minimum absolute atomic E-state index is 0. The molecule has 1 aliphatic rings. The Kier molecular flexibility index (Phi) is 9.50. The Labute approximate surface area is 197 Å². The average molecular weight is 485 g/mol. The van der Waals surface area contributed by atoms with Crippen molar-refractivity contribution < 1.29 is 19.1 Å². The number of esters is 1. The summed E-state index contributed by atoms with van der Waals surface area (Å²) in [5.74, 6) is -0.643. The van der Waals surface area contributed by atoms with Gasteiger partial charge in [-0.15, -0.1) is 23.7 Å². The zero-order chi connectivity index (χ0) is 21.7. The quantitative estimate of drug-likeness (QED) is 0.549. The van der Waals surface area contributed by atoms with E-state index >= 15 is 0 Å². The number of hydrogen-bond acceptors (Lipinski definition) is 6. The molecule has 31 heavy (non-hydrogen) atoms.